The van der Waals surface area contributed by atoms with Crippen LogP contribution in [0.15, 0.2) is 112 Å². The van der Waals surface area contributed by atoms with Gasteiger partial charge in [0.15, 0.2) is 0 Å². The van der Waals surface area contributed by atoms with E-state index in [4.69, 9.17) is 6.42 Å². The summed E-state index contributed by atoms with van der Waals surface area (Å²) in [5, 5.41) is 18.5. The fourth-order valence-corrected chi connectivity index (χ4v) is 7.21. The summed E-state index contributed by atoms with van der Waals surface area (Å²) >= 11 is 6.98. The van der Waals surface area contributed by atoms with Crippen molar-refractivity contribution < 1.29 is 5.11 Å². The summed E-state index contributed by atoms with van der Waals surface area (Å²) in [6, 6.07) is 33.8. The smallest absolute Gasteiger partial charge is 0.113 e. The molecule has 0 aliphatic carbocycles. The molecule has 1 N–H and O–H groups in total. The number of benzene rings is 4. The SMILES string of the molecule is C.C#Cc1ccc(N2CCN(c3ccc(Br)cc3)CC2)cc1.CC[C@@H]([C@H](C)O)n1cc(-c2ccc(N3CCN(c4ccc(Br)cc4)CC3)cc2)nn1. The minimum Gasteiger partial charge on any atom is -0.391 e. The van der Waals surface area contributed by atoms with Crippen LogP contribution in [0.4, 0.5) is 22.7 Å². The Hall–Kier alpha value is -4.30. The topological polar surface area (TPSA) is 63.9 Å². The van der Waals surface area contributed by atoms with Crippen molar-refractivity contribution in [3.63, 3.8) is 0 Å². The molecule has 0 saturated carbocycles. The Balaban J connectivity index is 0.000000209. The molecule has 2 fully saturated rings. The second kappa shape index (κ2) is 18.5. The summed E-state index contributed by atoms with van der Waals surface area (Å²) in [5.74, 6) is 2.66. The maximum Gasteiger partial charge on any atom is 0.113 e. The highest BCUT2D eigenvalue weighted by molar-refractivity contribution is 9.10. The van der Waals surface area contributed by atoms with Gasteiger partial charge in [0.1, 0.15) is 5.69 Å². The molecule has 2 atom stereocenters. The highest BCUT2D eigenvalue weighted by atomic mass is 79.9. The first kappa shape index (κ1) is 38.9. The number of nitrogens with zero attached hydrogens (tertiary/aromatic N) is 7. The Kier molecular flexibility index (Phi) is 13.8. The number of aliphatic hydroxyl groups is 1. The monoisotopic (exact) mass is 825 g/mol. The first-order valence-electron chi connectivity index (χ1n) is 17.6. The standard InChI is InChI=1S/C23H28BrN5O.C18H17BrN2.CH4/c1-3-23(17(2)30)29-16-22(25-26-29)18-4-8-20(9-5-18)27-12-14-28(15-13-27)21-10-6-19(24)7-11-21;1-2-15-3-7-17(8-4-15)20-11-13-21(14-12-20)18-9-5-16(19)6-10-18;/h4-11,16-17,23,30H,3,12-15H2,1-2H3;1,3-10H,11-14H2;1H4/t17-,23-;;/m0../s1. The maximum atomic E-state index is 9.93. The number of aromatic nitrogens is 3. The van der Waals surface area contributed by atoms with Gasteiger partial charge < -0.3 is 24.7 Å². The normalized spacial score (nSPS) is 15.5. The van der Waals surface area contributed by atoms with E-state index in [1.54, 1.807) is 11.6 Å². The second-order valence-corrected chi connectivity index (χ2v) is 14.8. The quantitative estimate of drug-likeness (QED) is 0.157. The Morgan fingerprint density at radius 2 is 1.02 bits per heavy atom. The van der Waals surface area contributed by atoms with Gasteiger partial charge in [0.2, 0.25) is 0 Å². The lowest BCUT2D eigenvalue weighted by molar-refractivity contribution is 0.119. The zero-order valence-corrected chi connectivity index (χ0v) is 32.4. The van der Waals surface area contributed by atoms with Crippen LogP contribution >= 0.6 is 31.9 Å². The molecule has 4 aromatic carbocycles. The molecule has 10 heteroatoms. The molecule has 3 heterocycles. The van der Waals surface area contributed by atoms with Crippen LogP contribution in [-0.4, -0.2) is 78.6 Å². The van der Waals surface area contributed by atoms with Gasteiger partial charge in [0.25, 0.3) is 0 Å². The van der Waals surface area contributed by atoms with Gasteiger partial charge in [-0.25, -0.2) is 4.68 Å². The average Bonchev–Trinajstić information content (AvgIpc) is 3.66. The fourth-order valence-electron chi connectivity index (χ4n) is 6.68. The number of aliphatic hydroxyl groups excluding tert-OH is 1. The van der Waals surface area contributed by atoms with Crippen LogP contribution in [0.25, 0.3) is 11.3 Å². The minimum atomic E-state index is -0.456. The van der Waals surface area contributed by atoms with Crippen molar-refractivity contribution >= 4 is 54.6 Å². The van der Waals surface area contributed by atoms with Gasteiger partial charge in [-0.3, -0.25) is 0 Å². The van der Waals surface area contributed by atoms with E-state index in [0.29, 0.717) is 0 Å². The van der Waals surface area contributed by atoms with Crippen molar-refractivity contribution in [2.45, 2.75) is 39.8 Å². The van der Waals surface area contributed by atoms with E-state index in [1.807, 2.05) is 25.3 Å². The molecule has 0 amide bonds. The summed E-state index contributed by atoms with van der Waals surface area (Å²) in [4.78, 5) is 9.70. The summed E-state index contributed by atoms with van der Waals surface area (Å²) in [5.41, 5.74) is 7.87. The predicted octanol–water partition coefficient (Wildman–Crippen LogP) is 8.76. The molecular weight excluding hydrogens is 778 g/mol. The van der Waals surface area contributed by atoms with E-state index in [0.717, 1.165) is 84.5 Å². The Bertz CT molecular complexity index is 1850. The molecule has 0 unspecified atom stereocenters. The lowest BCUT2D eigenvalue weighted by atomic mass is 10.1. The molecule has 1 aromatic heterocycles. The summed E-state index contributed by atoms with van der Waals surface area (Å²) in [6.45, 7) is 12.0. The van der Waals surface area contributed by atoms with Crippen LogP contribution in [0.3, 0.4) is 0 Å². The van der Waals surface area contributed by atoms with Crippen molar-refractivity contribution in [1.82, 2.24) is 15.0 Å². The molecule has 52 heavy (non-hydrogen) atoms. The summed E-state index contributed by atoms with van der Waals surface area (Å²) in [6.07, 6.45) is 7.68. The largest absolute Gasteiger partial charge is 0.391 e. The second-order valence-electron chi connectivity index (χ2n) is 12.9. The summed E-state index contributed by atoms with van der Waals surface area (Å²) < 4.78 is 4.01. The van der Waals surface area contributed by atoms with Gasteiger partial charge in [0.05, 0.1) is 18.3 Å². The van der Waals surface area contributed by atoms with Crippen molar-refractivity contribution in [1.29, 1.82) is 0 Å². The summed E-state index contributed by atoms with van der Waals surface area (Å²) in [7, 11) is 0. The van der Waals surface area contributed by atoms with E-state index in [9.17, 15) is 5.11 Å². The number of terminal acetylenes is 1. The number of halogens is 2. The molecule has 0 radical (unpaired) electrons. The number of rotatable bonds is 8. The molecule has 0 bridgehead atoms. The van der Waals surface area contributed by atoms with Gasteiger partial charge in [0, 0.05) is 95.2 Å². The third-order valence-corrected chi connectivity index (χ3v) is 10.8. The van der Waals surface area contributed by atoms with E-state index < -0.39 is 6.10 Å². The van der Waals surface area contributed by atoms with Crippen LogP contribution in [0.1, 0.15) is 39.3 Å². The highest BCUT2D eigenvalue weighted by Crippen LogP contribution is 2.27. The third kappa shape index (κ3) is 9.77. The average molecular weight is 828 g/mol. The Morgan fingerprint density at radius 3 is 1.37 bits per heavy atom. The van der Waals surface area contributed by atoms with Gasteiger partial charge in [-0.05, 0) is 98.3 Å². The first-order valence-corrected chi connectivity index (χ1v) is 19.2. The predicted molar refractivity (Wildman–Crippen MR) is 225 cm³/mol. The molecule has 272 valence electrons. The number of anilines is 4. The number of piperazine rings is 2. The van der Waals surface area contributed by atoms with Crippen LogP contribution in [0.2, 0.25) is 0 Å². The van der Waals surface area contributed by atoms with E-state index in [1.165, 1.54) is 22.7 Å². The van der Waals surface area contributed by atoms with Crippen LogP contribution < -0.4 is 19.6 Å². The molecule has 2 saturated heterocycles. The maximum absolute atomic E-state index is 9.93. The van der Waals surface area contributed by atoms with E-state index in [-0.39, 0.29) is 13.5 Å². The van der Waals surface area contributed by atoms with Crippen molar-refractivity contribution in [3.8, 4) is 23.6 Å². The van der Waals surface area contributed by atoms with Gasteiger partial charge in [-0.2, -0.15) is 0 Å². The zero-order valence-electron chi connectivity index (χ0n) is 29.2. The highest BCUT2D eigenvalue weighted by Gasteiger charge is 2.20. The molecule has 8 nitrogen and oxygen atoms in total. The third-order valence-electron chi connectivity index (χ3n) is 9.70. The van der Waals surface area contributed by atoms with E-state index in [2.05, 4.69) is 153 Å². The molecular formula is C42H49Br2N7O. The van der Waals surface area contributed by atoms with Gasteiger partial charge in [-0.15, -0.1) is 11.5 Å². The Morgan fingerprint density at radius 1 is 0.654 bits per heavy atom. The first-order chi connectivity index (χ1) is 24.8. The van der Waals surface area contributed by atoms with Crippen LogP contribution in [0.5, 0.6) is 0 Å². The van der Waals surface area contributed by atoms with Crippen molar-refractivity contribution in [2.24, 2.45) is 0 Å². The fraction of sp³-hybridized carbons (Fsp3) is 0.333. The van der Waals surface area contributed by atoms with Crippen LogP contribution in [0, 0.1) is 12.3 Å². The number of hydrogen-bond acceptors (Lipinski definition) is 7. The lowest BCUT2D eigenvalue weighted by Crippen LogP contribution is -2.46. The zero-order chi connectivity index (χ0) is 35.7. The van der Waals surface area contributed by atoms with Crippen LogP contribution in [-0.2, 0) is 0 Å². The molecule has 7 rings (SSSR count). The van der Waals surface area contributed by atoms with Gasteiger partial charge >= 0.3 is 0 Å². The van der Waals surface area contributed by atoms with E-state index >= 15 is 0 Å². The lowest BCUT2D eigenvalue weighted by Gasteiger charge is -2.37. The molecule has 5 aromatic rings. The van der Waals surface area contributed by atoms with Crippen molar-refractivity contribution in [2.75, 3.05) is 72.0 Å². The Labute approximate surface area is 326 Å². The molecule has 0 spiro atoms. The minimum absolute atomic E-state index is 0. The molecule has 2 aliphatic heterocycles. The van der Waals surface area contributed by atoms with Crippen molar-refractivity contribution in [3.05, 3.63) is 118 Å². The van der Waals surface area contributed by atoms with Gasteiger partial charge in [-0.1, -0.05) is 69.5 Å². The molecule has 2 aliphatic rings. The number of hydrogen-bond donors (Lipinski definition) is 1.